The van der Waals surface area contributed by atoms with Crippen LogP contribution in [0.2, 0.25) is 0 Å². The van der Waals surface area contributed by atoms with Crippen molar-refractivity contribution in [2.24, 2.45) is 5.16 Å². The lowest BCUT2D eigenvalue weighted by Gasteiger charge is -2.51. The van der Waals surface area contributed by atoms with Gasteiger partial charge in [-0.15, -0.1) is 23.1 Å². The van der Waals surface area contributed by atoms with E-state index >= 15 is 0 Å². The maximum atomic E-state index is 13.6. The normalized spacial score (nSPS) is 18.2. The number of aromatic amines is 1. The molecule has 50 heavy (non-hydrogen) atoms. The number of aromatic hydroxyl groups is 1. The van der Waals surface area contributed by atoms with E-state index in [1.165, 1.54) is 43.3 Å². The SMILES string of the molecule is CC(C)(C)OC(=O)C(C)(C)O/N=C(/C(=O)NC1C(=O)N2C(C(=O)[O-])=C(C[N+](C)(C)CCc3cc(=O)c(O)c[nH]3)CSC12)c1csc(NC=O)n1. The molecule has 0 saturated carbocycles. The van der Waals surface area contributed by atoms with E-state index < -0.39 is 63.3 Å². The highest BCUT2D eigenvalue weighted by Gasteiger charge is 2.53. The van der Waals surface area contributed by atoms with Crippen LogP contribution < -0.4 is 21.2 Å². The van der Waals surface area contributed by atoms with Gasteiger partial charge in [-0.25, -0.2) is 9.78 Å². The number of likely N-dealkylation sites (N-methyl/N-ethyl adjacent to an activating group) is 1. The Kier molecular flexibility index (Phi) is 11.1. The molecule has 4 N–H and O–H groups in total. The fourth-order valence-electron chi connectivity index (χ4n) is 4.97. The molecule has 19 heteroatoms. The van der Waals surface area contributed by atoms with Gasteiger partial charge < -0.3 is 44.7 Å². The fourth-order valence-corrected chi connectivity index (χ4v) is 6.96. The first kappa shape index (κ1) is 38.1. The molecule has 2 atom stereocenters. The maximum absolute atomic E-state index is 13.6. The molecule has 4 rings (SSSR count). The minimum absolute atomic E-state index is 0.0225. The number of ether oxygens (including phenoxy) is 1. The molecule has 0 radical (unpaired) electrons. The molecular formula is C31H39N7O10S2. The Hall–Kier alpha value is -4.75. The van der Waals surface area contributed by atoms with Crippen LogP contribution >= 0.6 is 23.1 Å². The number of carboxylic acid groups (broad SMARTS) is 1. The molecule has 0 spiro atoms. The summed E-state index contributed by atoms with van der Waals surface area (Å²) in [5.74, 6) is -4.05. The molecule has 3 amide bonds. The van der Waals surface area contributed by atoms with Gasteiger partial charge >= 0.3 is 5.97 Å². The topological polar surface area (TPSA) is 233 Å². The number of quaternary nitrogens is 1. The van der Waals surface area contributed by atoms with E-state index in [1.807, 2.05) is 14.1 Å². The number of aliphatic carboxylic acids is 1. The predicted molar refractivity (Wildman–Crippen MR) is 181 cm³/mol. The van der Waals surface area contributed by atoms with Crippen LogP contribution in [0.4, 0.5) is 5.13 Å². The highest BCUT2D eigenvalue weighted by atomic mass is 32.2. The molecule has 2 aromatic heterocycles. The second-order valence-corrected chi connectivity index (χ2v) is 15.7. The number of carboxylic acids is 1. The third-order valence-corrected chi connectivity index (χ3v) is 9.60. The minimum Gasteiger partial charge on any atom is -0.543 e. The van der Waals surface area contributed by atoms with E-state index in [-0.39, 0.29) is 28.8 Å². The monoisotopic (exact) mass is 733 g/mol. The number of carbonyl (C=O) groups excluding carboxylic acids is 5. The Morgan fingerprint density at radius 2 is 1.94 bits per heavy atom. The zero-order chi connectivity index (χ0) is 37.2. The van der Waals surface area contributed by atoms with Crippen LogP contribution in [-0.4, -0.2) is 116 Å². The number of carbonyl (C=O) groups is 5. The lowest BCUT2D eigenvalue weighted by Crippen LogP contribution is -2.71. The molecule has 0 aliphatic carbocycles. The first-order valence-corrected chi connectivity index (χ1v) is 17.2. The molecule has 2 aliphatic heterocycles. The molecule has 17 nitrogen and oxygen atoms in total. The van der Waals surface area contributed by atoms with Crippen LogP contribution in [0.5, 0.6) is 5.75 Å². The number of H-pyrrole nitrogens is 1. The fraction of sp³-hybridized carbons (Fsp3) is 0.484. The number of esters is 1. The third-order valence-electron chi connectivity index (χ3n) is 7.48. The van der Waals surface area contributed by atoms with Gasteiger partial charge in [0.1, 0.15) is 29.3 Å². The van der Waals surface area contributed by atoms with Crippen molar-refractivity contribution in [3.63, 3.8) is 0 Å². The van der Waals surface area contributed by atoms with Gasteiger partial charge in [-0.05, 0) is 34.6 Å². The zero-order valence-electron chi connectivity index (χ0n) is 28.5. The zero-order valence-corrected chi connectivity index (χ0v) is 30.2. The summed E-state index contributed by atoms with van der Waals surface area (Å²) in [6.45, 7) is 8.55. The second kappa shape index (κ2) is 14.6. The Labute approximate surface area is 295 Å². The highest BCUT2D eigenvalue weighted by Crippen LogP contribution is 2.40. The standard InChI is InChI=1S/C31H39N7O10S2/c1-30(2,3)47-28(46)31(4,5)48-36-21(18-14-50-29(34-18)33-15-39)24(42)35-22-25(43)37-23(27(44)45)16(13-49-26(22)37)12-38(6,7)9-8-17-10-19(40)20(41)11-32-17/h10-11,14-15,22,26H,8-9,12-13H2,1-7H3,(H4-,32,33,34,35,36,39,40,41,42,44,45). The number of thioether (sulfide) groups is 1. The summed E-state index contributed by atoms with van der Waals surface area (Å²) in [5.41, 5.74) is -2.62. The molecule has 270 valence electrons. The highest BCUT2D eigenvalue weighted by molar-refractivity contribution is 8.00. The molecule has 2 unspecified atom stereocenters. The van der Waals surface area contributed by atoms with Crippen LogP contribution in [0, 0.1) is 0 Å². The van der Waals surface area contributed by atoms with Gasteiger partial charge in [0.15, 0.2) is 16.6 Å². The average molecular weight is 734 g/mol. The molecule has 1 saturated heterocycles. The summed E-state index contributed by atoms with van der Waals surface area (Å²) in [6.07, 6.45) is 2.04. The van der Waals surface area contributed by atoms with Gasteiger partial charge in [0.2, 0.25) is 17.4 Å². The van der Waals surface area contributed by atoms with Crippen LogP contribution in [0.25, 0.3) is 0 Å². The number of fused-ring (bicyclic) bond motifs is 1. The number of anilines is 1. The largest absolute Gasteiger partial charge is 0.543 e. The number of pyridine rings is 1. The third kappa shape index (κ3) is 8.88. The van der Waals surface area contributed by atoms with Gasteiger partial charge in [-0.3, -0.25) is 24.1 Å². The van der Waals surface area contributed by atoms with Crippen molar-refractivity contribution in [1.82, 2.24) is 20.2 Å². The Morgan fingerprint density at radius 3 is 2.56 bits per heavy atom. The lowest BCUT2D eigenvalue weighted by atomic mass is 10.0. The molecule has 2 aromatic rings. The number of β-lactam (4-membered cyclic amide) rings is 1. The van der Waals surface area contributed by atoms with E-state index in [0.717, 1.165) is 16.2 Å². The Morgan fingerprint density at radius 1 is 1.24 bits per heavy atom. The number of nitrogens with one attached hydrogen (secondary N) is 3. The molecular weight excluding hydrogens is 695 g/mol. The van der Waals surface area contributed by atoms with Gasteiger partial charge in [0, 0.05) is 41.1 Å². The van der Waals surface area contributed by atoms with Crippen LogP contribution in [0.1, 0.15) is 46.0 Å². The molecule has 1 fully saturated rings. The van der Waals surface area contributed by atoms with E-state index in [2.05, 4.69) is 25.8 Å². The Balaban J connectivity index is 1.52. The molecule has 2 aliphatic rings. The summed E-state index contributed by atoms with van der Waals surface area (Å²) < 4.78 is 5.68. The van der Waals surface area contributed by atoms with Crippen molar-refractivity contribution in [2.45, 2.75) is 63.7 Å². The number of nitrogens with zero attached hydrogens (tertiary/aromatic N) is 4. The van der Waals surface area contributed by atoms with Crippen molar-refractivity contribution >= 4 is 64.1 Å². The number of hydrogen-bond acceptors (Lipinski definition) is 14. The summed E-state index contributed by atoms with van der Waals surface area (Å²) in [6, 6.07) is 0.155. The first-order valence-electron chi connectivity index (χ1n) is 15.3. The molecule has 0 bridgehead atoms. The van der Waals surface area contributed by atoms with Crippen LogP contribution in [-0.2, 0) is 40.0 Å². The average Bonchev–Trinajstić information content (AvgIpc) is 3.47. The lowest BCUT2D eigenvalue weighted by molar-refractivity contribution is -0.885. The number of aromatic nitrogens is 2. The van der Waals surface area contributed by atoms with E-state index in [4.69, 9.17) is 9.57 Å². The maximum Gasteiger partial charge on any atom is 0.353 e. The second-order valence-electron chi connectivity index (χ2n) is 13.7. The van der Waals surface area contributed by atoms with Crippen molar-refractivity contribution in [2.75, 3.05) is 38.3 Å². The van der Waals surface area contributed by atoms with Crippen molar-refractivity contribution in [3.05, 3.63) is 50.5 Å². The Bertz CT molecular complexity index is 1810. The molecule has 4 heterocycles. The minimum atomic E-state index is -1.64. The van der Waals surface area contributed by atoms with E-state index in [1.54, 1.807) is 20.8 Å². The number of amides is 3. The van der Waals surface area contributed by atoms with Crippen molar-refractivity contribution < 1.29 is 48.2 Å². The van der Waals surface area contributed by atoms with E-state index in [9.17, 15) is 39.0 Å². The smallest absolute Gasteiger partial charge is 0.353 e. The molecule has 0 aromatic carbocycles. The van der Waals surface area contributed by atoms with Gasteiger partial charge in [-0.2, -0.15) is 0 Å². The summed E-state index contributed by atoms with van der Waals surface area (Å²) in [4.78, 5) is 88.5. The van der Waals surface area contributed by atoms with Gasteiger partial charge in [0.25, 0.3) is 11.8 Å². The van der Waals surface area contributed by atoms with Crippen LogP contribution in [0.15, 0.2) is 38.9 Å². The quantitative estimate of drug-likeness (QED) is 0.0488. The summed E-state index contributed by atoms with van der Waals surface area (Å²) in [5, 5.41) is 31.6. The van der Waals surface area contributed by atoms with E-state index in [0.29, 0.717) is 35.1 Å². The van der Waals surface area contributed by atoms with Gasteiger partial charge in [-0.1, -0.05) is 5.16 Å². The van der Waals surface area contributed by atoms with Gasteiger partial charge in [0.05, 0.1) is 32.3 Å². The van der Waals surface area contributed by atoms with Crippen LogP contribution in [0.3, 0.4) is 0 Å². The summed E-state index contributed by atoms with van der Waals surface area (Å²) >= 11 is 2.25. The summed E-state index contributed by atoms with van der Waals surface area (Å²) in [7, 11) is 3.75. The number of hydrogen-bond donors (Lipinski definition) is 4. The number of rotatable bonds is 14. The first-order chi connectivity index (χ1) is 23.2. The number of oxime groups is 1. The predicted octanol–water partition coefficient (Wildman–Crippen LogP) is -0.331. The van der Waals surface area contributed by atoms with Crippen molar-refractivity contribution in [3.8, 4) is 5.75 Å². The number of thiazole rings is 1. The van der Waals surface area contributed by atoms with Crippen molar-refractivity contribution in [1.29, 1.82) is 0 Å².